The van der Waals surface area contributed by atoms with Crippen LogP contribution in [0, 0.1) is 6.92 Å². The van der Waals surface area contributed by atoms with Gasteiger partial charge in [0.25, 0.3) is 0 Å². The highest BCUT2D eigenvalue weighted by Crippen LogP contribution is 2.10. The summed E-state index contributed by atoms with van der Waals surface area (Å²) in [6.45, 7) is 8.70. The second-order valence-electron chi connectivity index (χ2n) is 5.53. The molecule has 0 aliphatic heterocycles. The van der Waals surface area contributed by atoms with Crippen LogP contribution in [0.5, 0.6) is 0 Å². The van der Waals surface area contributed by atoms with Crippen molar-refractivity contribution < 1.29 is 14.3 Å². The van der Waals surface area contributed by atoms with E-state index >= 15 is 0 Å². The van der Waals surface area contributed by atoms with Crippen LogP contribution in [-0.2, 0) is 9.53 Å². The van der Waals surface area contributed by atoms with Gasteiger partial charge in [0.1, 0.15) is 17.5 Å². The van der Waals surface area contributed by atoms with Crippen LogP contribution in [0.3, 0.4) is 0 Å². The highest BCUT2D eigenvalue weighted by atomic mass is 16.6. The molecule has 2 amide bonds. The molecule has 1 heterocycles. The van der Waals surface area contributed by atoms with Gasteiger partial charge in [-0.15, -0.1) is 0 Å². The van der Waals surface area contributed by atoms with Crippen LogP contribution in [0.25, 0.3) is 0 Å². The molecule has 0 spiro atoms. The van der Waals surface area contributed by atoms with Crippen LogP contribution in [0.1, 0.15) is 33.3 Å². The summed E-state index contributed by atoms with van der Waals surface area (Å²) >= 11 is 0. The summed E-state index contributed by atoms with van der Waals surface area (Å²) < 4.78 is 5.09. The first-order valence-corrected chi connectivity index (χ1v) is 6.41. The number of carbonyl (C=O) groups excluding carboxylic acids is 2. The van der Waals surface area contributed by atoms with E-state index in [2.05, 4.69) is 15.6 Å². The minimum atomic E-state index is -0.716. The molecule has 1 unspecified atom stereocenters. The van der Waals surface area contributed by atoms with E-state index in [1.807, 2.05) is 13.0 Å². The van der Waals surface area contributed by atoms with Gasteiger partial charge in [0.2, 0.25) is 5.91 Å². The number of carbonyl (C=O) groups is 2. The minimum absolute atomic E-state index is 0.349. The maximum atomic E-state index is 11.9. The van der Waals surface area contributed by atoms with Crippen molar-refractivity contribution in [2.24, 2.45) is 0 Å². The third kappa shape index (κ3) is 5.26. The van der Waals surface area contributed by atoms with Gasteiger partial charge < -0.3 is 15.4 Å². The van der Waals surface area contributed by atoms with Crippen LogP contribution >= 0.6 is 0 Å². The average Bonchev–Trinajstić information content (AvgIpc) is 2.29. The molecule has 1 rings (SSSR count). The van der Waals surface area contributed by atoms with Crippen molar-refractivity contribution in [1.82, 2.24) is 10.3 Å². The first-order valence-electron chi connectivity index (χ1n) is 6.41. The maximum Gasteiger partial charge on any atom is 0.408 e. The molecule has 0 aliphatic carbocycles. The molecule has 1 atom stereocenters. The molecule has 2 N–H and O–H groups in total. The Bertz CT molecular complexity index is 495. The molecule has 20 heavy (non-hydrogen) atoms. The quantitative estimate of drug-likeness (QED) is 0.889. The molecule has 0 fully saturated rings. The van der Waals surface area contributed by atoms with E-state index in [-0.39, 0.29) is 5.91 Å². The van der Waals surface area contributed by atoms with Crippen LogP contribution in [-0.4, -0.2) is 28.6 Å². The van der Waals surface area contributed by atoms with E-state index in [0.717, 1.165) is 5.56 Å². The number of nitrogens with zero attached hydrogens (tertiary/aromatic N) is 1. The molecule has 0 radical (unpaired) electrons. The van der Waals surface area contributed by atoms with Crippen molar-refractivity contribution in [3.63, 3.8) is 0 Å². The zero-order valence-electron chi connectivity index (χ0n) is 12.5. The molecule has 1 aromatic heterocycles. The molecular weight excluding hydrogens is 258 g/mol. The Kier molecular flexibility index (Phi) is 5.07. The molecule has 0 saturated carbocycles. The van der Waals surface area contributed by atoms with Crippen molar-refractivity contribution in [2.45, 2.75) is 46.3 Å². The largest absolute Gasteiger partial charge is 0.444 e. The molecule has 0 saturated heterocycles. The summed E-state index contributed by atoms with van der Waals surface area (Å²) in [5, 5.41) is 5.13. The van der Waals surface area contributed by atoms with Gasteiger partial charge in [0.05, 0.1) is 0 Å². The molecule has 6 nitrogen and oxygen atoms in total. The van der Waals surface area contributed by atoms with Crippen molar-refractivity contribution in [2.75, 3.05) is 5.32 Å². The lowest BCUT2D eigenvalue weighted by atomic mass is 10.2. The highest BCUT2D eigenvalue weighted by Gasteiger charge is 2.21. The number of anilines is 1. The number of pyridine rings is 1. The summed E-state index contributed by atoms with van der Waals surface area (Å²) in [5.74, 6) is 0.132. The zero-order chi connectivity index (χ0) is 15.3. The Morgan fingerprint density at radius 2 is 2.00 bits per heavy atom. The van der Waals surface area contributed by atoms with Gasteiger partial charge in [-0.1, -0.05) is 6.07 Å². The third-order valence-corrected chi connectivity index (χ3v) is 2.38. The first kappa shape index (κ1) is 15.9. The third-order valence-electron chi connectivity index (χ3n) is 2.38. The predicted octanol–water partition coefficient (Wildman–Crippen LogP) is 2.24. The Balaban J connectivity index is 2.56. The molecule has 110 valence electrons. The molecule has 0 bridgehead atoms. The predicted molar refractivity (Wildman–Crippen MR) is 76.4 cm³/mol. The number of nitrogens with one attached hydrogen (secondary N) is 2. The van der Waals surface area contributed by atoms with Gasteiger partial charge in [-0.3, -0.25) is 4.79 Å². The monoisotopic (exact) mass is 279 g/mol. The van der Waals surface area contributed by atoms with Gasteiger partial charge >= 0.3 is 6.09 Å². The van der Waals surface area contributed by atoms with Crippen molar-refractivity contribution in [3.8, 4) is 0 Å². The average molecular weight is 279 g/mol. The van der Waals surface area contributed by atoms with E-state index in [4.69, 9.17) is 4.74 Å². The number of hydrogen-bond donors (Lipinski definition) is 2. The number of hydrogen-bond acceptors (Lipinski definition) is 4. The van der Waals surface area contributed by atoms with Gasteiger partial charge in [-0.05, 0) is 46.2 Å². The van der Waals surface area contributed by atoms with Gasteiger partial charge in [0.15, 0.2) is 0 Å². The second kappa shape index (κ2) is 6.36. The molecule has 0 aliphatic rings. The first-order chi connectivity index (χ1) is 9.19. The van der Waals surface area contributed by atoms with Crippen LogP contribution < -0.4 is 10.6 Å². The molecular formula is C14H21N3O3. The Hall–Kier alpha value is -2.11. The van der Waals surface area contributed by atoms with Gasteiger partial charge in [-0.25, -0.2) is 9.78 Å². The number of aromatic nitrogens is 1. The Morgan fingerprint density at radius 1 is 1.35 bits per heavy atom. The number of rotatable bonds is 3. The minimum Gasteiger partial charge on any atom is -0.444 e. The number of amides is 2. The normalized spacial score (nSPS) is 12.4. The number of aryl methyl sites for hydroxylation is 1. The fraction of sp³-hybridized carbons (Fsp3) is 0.500. The van der Waals surface area contributed by atoms with E-state index < -0.39 is 17.7 Å². The number of ether oxygens (including phenoxy) is 1. The molecule has 6 heteroatoms. The summed E-state index contributed by atoms with van der Waals surface area (Å²) in [6, 6.07) is 2.91. The van der Waals surface area contributed by atoms with Crippen LogP contribution in [0.4, 0.5) is 10.6 Å². The summed E-state index contributed by atoms with van der Waals surface area (Å²) in [5.41, 5.74) is 0.253. The topological polar surface area (TPSA) is 80.3 Å². The zero-order valence-corrected chi connectivity index (χ0v) is 12.5. The standard InChI is InChI=1S/C14H21N3O3/c1-9-7-6-8-15-11(9)17-12(18)10(2)16-13(19)20-14(3,4)5/h6-8,10H,1-5H3,(H,16,19)(H,15,17,18). The van der Waals surface area contributed by atoms with E-state index in [1.165, 1.54) is 0 Å². The summed E-state index contributed by atoms with van der Waals surface area (Å²) in [4.78, 5) is 27.6. The van der Waals surface area contributed by atoms with Gasteiger partial charge in [0, 0.05) is 6.20 Å². The van der Waals surface area contributed by atoms with Crippen molar-refractivity contribution in [3.05, 3.63) is 23.9 Å². The van der Waals surface area contributed by atoms with Gasteiger partial charge in [-0.2, -0.15) is 0 Å². The summed E-state index contributed by atoms with van der Waals surface area (Å²) in [6.07, 6.45) is 0.965. The fourth-order valence-corrected chi connectivity index (χ4v) is 1.39. The second-order valence-corrected chi connectivity index (χ2v) is 5.53. The molecule has 1 aromatic rings. The molecule has 0 aromatic carbocycles. The maximum absolute atomic E-state index is 11.9. The van der Waals surface area contributed by atoms with Crippen LogP contribution in [0.2, 0.25) is 0 Å². The fourth-order valence-electron chi connectivity index (χ4n) is 1.39. The van der Waals surface area contributed by atoms with E-state index in [0.29, 0.717) is 5.82 Å². The number of alkyl carbamates (subject to hydrolysis) is 1. The Morgan fingerprint density at radius 3 is 2.55 bits per heavy atom. The van der Waals surface area contributed by atoms with Crippen LogP contribution in [0.15, 0.2) is 18.3 Å². The Labute approximate surface area is 118 Å². The van der Waals surface area contributed by atoms with Crippen molar-refractivity contribution in [1.29, 1.82) is 0 Å². The lowest BCUT2D eigenvalue weighted by Crippen LogP contribution is -2.44. The van der Waals surface area contributed by atoms with E-state index in [9.17, 15) is 9.59 Å². The smallest absolute Gasteiger partial charge is 0.408 e. The summed E-state index contributed by atoms with van der Waals surface area (Å²) in [7, 11) is 0. The lowest BCUT2D eigenvalue weighted by Gasteiger charge is -2.21. The van der Waals surface area contributed by atoms with E-state index in [1.54, 1.807) is 40.0 Å². The van der Waals surface area contributed by atoms with Crippen molar-refractivity contribution >= 4 is 17.8 Å². The SMILES string of the molecule is Cc1cccnc1NC(=O)C(C)NC(=O)OC(C)(C)C. The highest BCUT2D eigenvalue weighted by molar-refractivity contribution is 5.96. The lowest BCUT2D eigenvalue weighted by molar-refractivity contribution is -0.117.